The van der Waals surface area contributed by atoms with Crippen molar-refractivity contribution in [1.29, 1.82) is 0 Å². The van der Waals surface area contributed by atoms with E-state index in [-0.39, 0.29) is 18.6 Å². The van der Waals surface area contributed by atoms with Crippen molar-refractivity contribution in [2.24, 2.45) is 5.73 Å². The van der Waals surface area contributed by atoms with Gasteiger partial charge in [0.2, 0.25) is 5.91 Å². The van der Waals surface area contributed by atoms with Crippen LogP contribution in [0.15, 0.2) is 0 Å². The number of morpholine rings is 1. The number of carbonyl (C=O) groups excluding carboxylic acids is 1. The average molecular weight is 225 g/mol. The molecule has 0 radical (unpaired) electrons. The third-order valence-electron chi connectivity index (χ3n) is 2.48. The third-order valence-corrected chi connectivity index (χ3v) is 2.48. The summed E-state index contributed by atoms with van der Waals surface area (Å²) in [5.41, 5.74) is 5.12. The molecule has 90 valence electrons. The zero-order valence-corrected chi connectivity index (χ0v) is 9.69. The molecule has 0 saturated carbocycles. The number of amides is 1. The lowest BCUT2D eigenvalue weighted by atomic mass is 10.2. The van der Waals surface area contributed by atoms with E-state index in [1.165, 1.54) is 0 Å². The van der Waals surface area contributed by atoms with Crippen LogP contribution >= 0.6 is 0 Å². The van der Waals surface area contributed by atoms with Gasteiger partial charge in [0.05, 0.1) is 25.8 Å². The molecule has 1 aliphatic rings. The van der Waals surface area contributed by atoms with E-state index in [4.69, 9.17) is 16.9 Å². The Labute approximate surface area is 96.5 Å². The van der Waals surface area contributed by atoms with Crippen molar-refractivity contribution >= 4 is 5.91 Å². The van der Waals surface area contributed by atoms with Crippen LogP contribution in [0.4, 0.5) is 0 Å². The van der Waals surface area contributed by atoms with Crippen molar-refractivity contribution in [3.05, 3.63) is 0 Å². The van der Waals surface area contributed by atoms with E-state index in [0.717, 1.165) is 13.1 Å². The van der Waals surface area contributed by atoms with E-state index in [1.54, 1.807) is 0 Å². The Bertz CT molecular complexity index is 275. The fourth-order valence-corrected chi connectivity index (χ4v) is 1.84. The first-order valence-electron chi connectivity index (χ1n) is 5.36. The number of nitrogens with zero attached hydrogens (tertiary/aromatic N) is 2. The summed E-state index contributed by atoms with van der Waals surface area (Å²) in [6.45, 7) is 3.99. The molecule has 0 aromatic heterocycles. The molecule has 1 fully saturated rings. The second-order valence-corrected chi connectivity index (χ2v) is 4.10. The molecule has 5 nitrogen and oxygen atoms in total. The van der Waals surface area contributed by atoms with E-state index < -0.39 is 0 Å². The summed E-state index contributed by atoms with van der Waals surface area (Å²) in [6, 6.07) is 0. The summed E-state index contributed by atoms with van der Waals surface area (Å²) >= 11 is 0. The highest BCUT2D eigenvalue weighted by molar-refractivity contribution is 5.75. The Morgan fingerprint density at radius 2 is 2.50 bits per heavy atom. The van der Waals surface area contributed by atoms with Crippen LogP contribution in [0.1, 0.15) is 0 Å². The maximum atomic E-state index is 10.7. The topological polar surface area (TPSA) is 58.8 Å². The molecule has 1 atom stereocenters. The van der Waals surface area contributed by atoms with Crippen LogP contribution in [-0.2, 0) is 9.53 Å². The minimum atomic E-state index is -0.321. The van der Waals surface area contributed by atoms with Gasteiger partial charge in [-0.1, -0.05) is 5.92 Å². The molecule has 0 unspecified atom stereocenters. The molecule has 0 spiro atoms. The van der Waals surface area contributed by atoms with E-state index in [1.807, 2.05) is 11.9 Å². The predicted octanol–water partition coefficient (Wildman–Crippen LogP) is -1.26. The lowest BCUT2D eigenvalue weighted by Crippen LogP contribution is -2.48. The standard InChI is InChI=1S/C11H19N3O2/c1-3-4-14-5-6-16-10(8-14)7-13(2)9-11(12)15/h1,10H,4-9H2,2H3,(H2,12,15)/t10-/m0/s1. The van der Waals surface area contributed by atoms with Crippen molar-refractivity contribution in [1.82, 2.24) is 9.80 Å². The molecule has 5 heteroatoms. The zero-order chi connectivity index (χ0) is 12.0. The molecule has 0 bridgehead atoms. The van der Waals surface area contributed by atoms with Gasteiger partial charge in [-0.15, -0.1) is 6.42 Å². The quantitative estimate of drug-likeness (QED) is 0.593. The predicted molar refractivity (Wildman–Crippen MR) is 61.7 cm³/mol. The van der Waals surface area contributed by atoms with Gasteiger partial charge in [0.1, 0.15) is 0 Å². The molecular formula is C11H19N3O2. The molecule has 1 amide bonds. The average Bonchev–Trinajstić information content (AvgIpc) is 2.17. The highest BCUT2D eigenvalue weighted by Crippen LogP contribution is 2.05. The summed E-state index contributed by atoms with van der Waals surface area (Å²) in [4.78, 5) is 14.8. The molecule has 2 N–H and O–H groups in total. The van der Waals surface area contributed by atoms with Gasteiger partial charge in [0.15, 0.2) is 0 Å². The van der Waals surface area contributed by atoms with Gasteiger partial charge < -0.3 is 10.5 Å². The summed E-state index contributed by atoms with van der Waals surface area (Å²) in [5, 5.41) is 0. The lowest BCUT2D eigenvalue weighted by molar-refractivity contribution is -0.119. The Morgan fingerprint density at radius 3 is 3.12 bits per heavy atom. The van der Waals surface area contributed by atoms with Crippen LogP contribution < -0.4 is 5.73 Å². The first-order chi connectivity index (χ1) is 7.61. The van der Waals surface area contributed by atoms with Gasteiger partial charge in [0.25, 0.3) is 0 Å². The summed E-state index contributed by atoms with van der Waals surface area (Å²) in [6.07, 6.45) is 5.37. The van der Waals surface area contributed by atoms with Crippen LogP contribution in [0.5, 0.6) is 0 Å². The van der Waals surface area contributed by atoms with E-state index >= 15 is 0 Å². The van der Waals surface area contributed by atoms with E-state index in [2.05, 4.69) is 10.8 Å². The van der Waals surface area contributed by atoms with Crippen molar-refractivity contribution in [2.45, 2.75) is 6.10 Å². The number of primary amides is 1. The number of rotatable bonds is 5. The maximum Gasteiger partial charge on any atom is 0.231 e. The Balaban J connectivity index is 2.31. The summed E-state index contributed by atoms with van der Waals surface area (Å²) in [7, 11) is 1.86. The first-order valence-corrected chi connectivity index (χ1v) is 5.36. The SMILES string of the molecule is C#CCN1CCO[C@@H](CN(C)CC(N)=O)C1. The van der Waals surface area contributed by atoms with Gasteiger partial charge in [-0.05, 0) is 7.05 Å². The fourth-order valence-electron chi connectivity index (χ4n) is 1.84. The Hall–Kier alpha value is -1.09. The van der Waals surface area contributed by atoms with Crippen LogP contribution in [0.25, 0.3) is 0 Å². The normalized spacial score (nSPS) is 21.9. The van der Waals surface area contributed by atoms with Gasteiger partial charge in [0, 0.05) is 19.6 Å². The molecule has 16 heavy (non-hydrogen) atoms. The Kier molecular flexibility index (Phi) is 5.26. The smallest absolute Gasteiger partial charge is 0.231 e. The maximum absolute atomic E-state index is 10.7. The molecule has 0 aliphatic carbocycles. The summed E-state index contributed by atoms with van der Waals surface area (Å²) < 4.78 is 5.60. The number of hydrogen-bond acceptors (Lipinski definition) is 4. The van der Waals surface area contributed by atoms with E-state index in [9.17, 15) is 4.79 Å². The van der Waals surface area contributed by atoms with Crippen molar-refractivity contribution in [3.8, 4) is 12.3 Å². The second kappa shape index (κ2) is 6.48. The van der Waals surface area contributed by atoms with Gasteiger partial charge >= 0.3 is 0 Å². The first kappa shape index (κ1) is 13.0. The monoisotopic (exact) mass is 225 g/mol. The lowest BCUT2D eigenvalue weighted by Gasteiger charge is -2.33. The van der Waals surface area contributed by atoms with Gasteiger partial charge in [-0.2, -0.15) is 0 Å². The fraction of sp³-hybridized carbons (Fsp3) is 0.727. The molecule has 1 aliphatic heterocycles. The minimum absolute atomic E-state index is 0.103. The molecule has 0 aromatic rings. The van der Waals surface area contributed by atoms with Crippen molar-refractivity contribution in [2.75, 3.05) is 46.4 Å². The molecule has 1 rings (SSSR count). The molecule has 0 aromatic carbocycles. The summed E-state index contributed by atoms with van der Waals surface area (Å²) in [5.74, 6) is 2.31. The van der Waals surface area contributed by atoms with Gasteiger partial charge in [-0.25, -0.2) is 0 Å². The van der Waals surface area contributed by atoms with Crippen molar-refractivity contribution < 1.29 is 9.53 Å². The molecular weight excluding hydrogens is 206 g/mol. The van der Waals surface area contributed by atoms with E-state index in [0.29, 0.717) is 19.7 Å². The van der Waals surface area contributed by atoms with Crippen LogP contribution in [0, 0.1) is 12.3 Å². The number of nitrogens with two attached hydrogens (primary N) is 1. The van der Waals surface area contributed by atoms with Crippen LogP contribution in [-0.4, -0.2) is 68.2 Å². The van der Waals surface area contributed by atoms with Gasteiger partial charge in [-0.3, -0.25) is 14.6 Å². The van der Waals surface area contributed by atoms with Crippen LogP contribution in [0.3, 0.4) is 0 Å². The number of hydrogen-bond donors (Lipinski definition) is 1. The Morgan fingerprint density at radius 1 is 1.75 bits per heavy atom. The minimum Gasteiger partial charge on any atom is -0.374 e. The molecule has 1 heterocycles. The van der Waals surface area contributed by atoms with Crippen molar-refractivity contribution in [3.63, 3.8) is 0 Å². The number of ether oxygens (including phenoxy) is 1. The largest absolute Gasteiger partial charge is 0.374 e. The third kappa shape index (κ3) is 4.62. The van der Waals surface area contributed by atoms with Crippen LogP contribution in [0.2, 0.25) is 0 Å². The number of terminal acetylenes is 1. The number of likely N-dealkylation sites (N-methyl/N-ethyl adjacent to an activating group) is 1. The molecule has 1 saturated heterocycles. The highest BCUT2D eigenvalue weighted by atomic mass is 16.5. The second-order valence-electron chi connectivity index (χ2n) is 4.10. The zero-order valence-electron chi connectivity index (χ0n) is 9.69. The number of carbonyl (C=O) groups is 1. The highest BCUT2D eigenvalue weighted by Gasteiger charge is 2.21.